The number of carbonyl (C=O) groups is 1. The van der Waals surface area contributed by atoms with Gasteiger partial charge in [0.05, 0.1) is 12.3 Å². The first-order chi connectivity index (χ1) is 18.4. The molecule has 1 fully saturated rings. The molecule has 0 radical (unpaired) electrons. The maximum absolute atomic E-state index is 14.5. The number of nitrogens with zero attached hydrogens (tertiary/aromatic N) is 3. The fraction of sp³-hybridized carbons (Fsp3) is 0.370. The highest BCUT2D eigenvalue weighted by atomic mass is 32.2. The number of hydrogen-bond donors (Lipinski definition) is 3. The van der Waals surface area contributed by atoms with Gasteiger partial charge < -0.3 is 20.5 Å². The number of carbonyl (C=O) groups excluding carboxylic acids is 1. The lowest BCUT2D eigenvalue weighted by atomic mass is 10.1. The molecule has 208 valence electrons. The number of anilines is 2. The van der Waals surface area contributed by atoms with Gasteiger partial charge in [-0.25, -0.2) is 19.1 Å². The van der Waals surface area contributed by atoms with Crippen molar-refractivity contribution in [2.75, 3.05) is 17.2 Å². The van der Waals surface area contributed by atoms with Gasteiger partial charge in [0.2, 0.25) is 0 Å². The van der Waals surface area contributed by atoms with E-state index in [1.54, 1.807) is 6.07 Å². The molecule has 0 saturated carbocycles. The summed E-state index contributed by atoms with van der Waals surface area (Å²) in [5.74, 6) is -1.58. The highest BCUT2D eigenvalue weighted by Gasteiger charge is 2.35. The second-order valence-electron chi connectivity index (χ2n) is 10.1. The van der Waals surface area contributed by atoms with Crippen molar-refractivity contribution in [3.8, 4) is 22.8 Å². The lowest BCUT2D eigenvalue weighted by Crippen LogP contribution is -2.37. The number of nitrogens with two attached hydrogens (primary N) is 1. The first kappa shape index (κ1) is 28.1. The topological polar surface area (TPSA) is 148 Å². The third kappa shape index (κ3) is 6.22. The minimum absolute atomic E-state index is 0.0357. The molecule has 4 N–H and O–H groups in total. The summed E-state index contributed by atoms with van der Waals surface area (Å²) < 4.78 is 48.0. The molecule has 3 aromatic rings. The van der Waals surface area contributed by atoms with Crippen molar-refractivity contribution in [2.45, 2.75) is 57.6 Å². The first-order valence-electron chi connectivity index (χ1n) is 12.6. The summed E-state index contributed by atoms with van der Waals surface area (Å²) in [6.07, 6.45) is 1.60. The van der Waals surface area contributed by atoms with Crippen LogP contribution in [0.1, 0.15) is 50.9 Å². The van der Waals surface area contributed by atoms with Crippen LogP contribution >= 0.6 is 0 Å². The SMILES string of the molecule is CC(C)COc1cc(F)cc(-c2cc(O)c(C(=O)NS(=O)(=O)c3cccc(N)n3)c(N3[C@H](C)CC[C@@H]3C)n2)c1. The summed E-state index contributed by atoms with van der Waals surface area (Å²) in [6, 6.07) is 9.20. The Hall–Kier alpha value is -3.93. The standard InChI is InChI=1S/C27H32FN5O5S/c1-15(2)14-38-20-11-18(10-19(28)12-20)21-13-22(34)25(26(30-21)33-16(3)8-9-17(33)4)27(35)32-39(36,37)24-7-5-6-23(29)31-24/h5-7,10-13,15-17H,8-9,14H2,1-4H3,(H2,29,31)(H,30,34)(H,32,35)/t16-,17+. The van der Waals surface area contributed by atoms with E-state index < -0.39 is 32.5 Å². The molecule has 3 heterocycles. The average Bonchev–Trinajstić information content (AvgIpc) is 3.19. The Labute approximate surface area is 227 Å². The lowest BCUT2D eigenvalue weighted by Gasteiger charge is -2.30. The van der Waals surface area contributed by atoms with Gasteiger partial charge in [0, 0.05) is 29.8 Å². The molecule has 0 spiro atoms. The Morgan fingerprint density at radius 1 is 1.18 bits per heavy atom. The van der Waals surface area contributed by atoms with Gasteiger partial charge in [0.15, 0.2) is 5.03 Å². The first-order valence-corrected chi connectivity index (χ1v) is 14.1. The van der Waals surface area contributed by atoms with Gasteiger partial charge in [-0.2, -0.15) is 8.42 Å². The van der Waals surface area contributed by atoms with Gasteiger partial charge in [-0.15, -0.1) is 0 Å². The van der Waals surface area contributed by atoms with E-state index in [9.17, 15) is 22.7 Å². The van der Waals surface area contributed by atoms with Crippen molar-refractivity contribution in [3.63, 3.8) is 0 Å². The minimum atomic E-state index is -4.42. The summed E-state index contributed by atoms with van der Waals surface area (Å²) in [4.78, 5) is 23.7. The molecule has 10 nitrogen and oxygen atoms in total. The zero-order chi connectivity index (χ0) is 28.5. The Morgan fingerprint density at radius 3 is 2.51 bits per heavy atom. The fourth-order valence-electron chi connectivity index (χ4n) is 4.55. The van der Waals surface area contributed by atoms with Crippen molar-refractivity contribution < 1.29 is 27.4 Å². The van der Waals surface area contributed by atoms with Crippen molar-refractivity contribution in [2.24, 2.45) is 5.92 Å². The number of ether oxygens (including phenoxy) is 1. The molecule has 1 aliphatic heterocycles. The van der Waals surface area contributed by atoms with Gasteiger partial charge >= 0.3 is 0 Å². The van der Waals surface area contributed by atoms with Crippen molar-refractivity contribution >= 4 is 27.6 Å². The zero-order valence-electron chi connectivity index (χ0n) is 22.2. The summed E-state index contributed by atoms with van der Waals surface area (Å²) >= 11 is 0. The van der Waals surface area contributed by atoms with E-state index in [2.05, 4.69) is 9.97 Å². The molecular formula is C27H32FN5O5S. The fourth-order valence-corrected chi connectivity index (χ4v) is 5.48. The number of amides is 1. The van der Waals surface area contributed by atoms with Crippen molar-refractivity contribution in [1.29, 1.82) is 0 Å². The molecule has 1 amide bonds. The van der Waals surface area contributed by atoms with Crippen LogP contribution in [0.25, 0.3) is 11.3 Å². The predicted molar refractivity (Wildman–Crippen MR) is 146 cm³/mol. The minimum Gasteiger partial charge on any atom is -0.507 e. The van der Waals surface area contributed by atoms with Gasteiger partial charge in [-0.3, -0.25) is 4.79 Å². The number of halogens is 1. The number of pyridine rings is 2. The number of aromatic nitrogens is 2. The van der Waals surface area contributed by atoms with Crippen LogP contribution in [0, 0.1) is 11.7 Å². The monoisotopic (exact) mass is 557 g/mol. The Bertz CT molecular complexity index is 1490. The summed E-state index contributed by atoms with van der Waals surface area (Å²) in [5.41, 5.74) is 5.81. The number of benzene rings is 1. The van der Waals surface area contributed by atoms with Crippen LogP contribution in [-0.2, 0) is 10.0 Å². The van der Waals surface area contributed by atoms with E-state index in [1.165, 1.54) is 36.4 Å². The number of hydrogen-bond acceptors (Lipinski definition) is 9. The number of nitrogens with one attached hydrogen (secondary N) is 1. The molecule has 39 heavy (non-hydrogen) atoms. The average molecular weight is 558 g/mol. The van der Waals surface area contributed by atoms with Gasteiger partial charge in [-0.05, 0) is 56.9 Å². The highest BCUT2D eigenvalue weighted by molar-refractivity contribution is 7.90. The van der Waals surface area contributed by atoms with Crippen LogP contribution in [-0.4, -0.2) is 48.1 Å². The lowest BCUT2D eigenvalue weighted by molar-refractivity contribution is 0.0979. The molecule has 12 heteroatoms. The molecule has 1 aromatic carbocycles. The summed E-state index contributed by atoms with van der Waals surface area (Å²) in [5, 5.41) is 10.6. The van der Waals surface area contributed by atoms with Gasteiger partial charge in [0.1, 0.15) is 34.5 Å². The normalized spacial score (nSPS) is 17.4. The van der Waals surface area contributed by atoms with E-state index in [4.69, 9.17) is 10.5 Å². The second-order valence-corrected chi connectivity index (χ2v) is 11.8. The van der Waals surface area contributed by atoms with Crippen LogP contribution in [0.4, 0.5) is 16.0 Å². The van der Waals surface area contributed by atoms with Crippen LogP contribution in [0.5, 0.6) is 11.5 Å². The molecule has 2 atom stereocenters. The van der Waals surface area contributed by atoms with E-state index in [0.717, 1.165) is 12.8 Å². The van der Waals surface area contributed by atoms with Gasteiger partial charge in [-0.1, -0.05) is 19.9 Å². The van der Waals surface area contributed by atoms with Crippen LogP contribution in [0.2, 0.25) is 0 Å². The number of rotatable bonds is 8. The maximum atomic E-state index is 14.5. The predicted octanol–water partition coefficient (Wildman–Crippen LogP) is 4.10. The Kier molecular flexibility index (Phi) is 7.96. The largest absolute Gasteiger partial charge is 0.507 e. The molecule has 0 bridgehead atoms. The van der Waals surface area contributed by atoms with Crippen molar-refractivity contribution in [1.82, 2.24) is 14.7 Å². The van der Waals surface area contributed by atoms with Crippen LogP contribution in [0.15, 0.2) is 47.5 Å². The third-order valence-corrected chi connectivity index (χ3v) is 7.63. The number of sulfonamides is 1. The summed E-state index contributed by atoms with van der Waals surface area (Å²) in [6.45, 7) is 8.22. The maximum Gasteiger partial charge on any atom is 0.281 e. The van der Waals surface area contributed by atoms with Crippen LogP contribution < -0.4 is 20.1 Å². The van der Waals surface area contributed by atoms with Gasteiger partial charge in [0.25, 0.3) is 15.9 Å². The number of nitrogen functional groups attached to an aromatic ring is 1. The van der Waals surface area contributed by atoms with E-state index in [-0.39, 0.29) is 40.9 Å². The molecule has 1 aliphatic rings. The summed E-state index contributed by atoms with van der Waals surface area (Å²) in [7, 11) is -4.42. The second kappa shape index (κ2) is 11.0. The Balaban J connectivity index is 1.80. The molecule has 0 aliphatic carbocycles. The number of aromatic hydroxyl groups is 1. The van der Waals surface area contributed by atoms with E-state index in [0.29, 0.717) is 17.9 Å². The quantitative estimate of drug-likeness (QED) is 0.372. The van der Waals surface area contributed by atoms with Crippen molar-refractivity contribution in [3.05, 3.63) is 53.8 Å². The molecule has 2 aromatic heterocycles. The van der Waals surface area contributed by atoms with E-state index >= 15 is 0 Å². The highest BCUT2D eigenvalue weighted by Crippen LogP contribution is 2.38. The van der Waals surface area contributed by atoms with Crippen LogP contribution in [0.3, 0.4) is 0 Å². The molecule has 0 unspecified atom stereocenters. The molecular weight excluding hydrogens is 525 g/mol. The Morgan fingerprint density at radius 2 is 1.87 bits per heavy atom. The smallest absolute Gasteiger partial charge is 0.281 e. The molecule has 1 saturated heterocycles. The zero-order valence-corrected chi connectivity index (χ0v) is 23.0. The molecule has 4 rings (SSSR count). The van der Waals surface area contributed by atoms with E-state index in [1.807, 2.05) is 37.3 Å². The third-order valence-electron chi connectivity index (χ3n) is 6.40.